The molecule has 0 unspecified atom stereocenters. The molecule has 2 heterocycles. The maximum absolute atomic E-state index is 13.0. The Morgan fingerprint density at radius 1 is 1.02 bits per heavy atom. The highest BCUT2D eigenvalue weighted by Gasteiger charge is 2.25. The van der Waals surface area contributed by atoms with E-state index in [2.05, 4.69) is 20.7 Å². The number of amides is 3. The number of hydrogen-bond donors (Lipinski definition) is 5. The molecular formula is C28H32N4O8S2. The van der Waals surface area contributed by atoms with E-state index in [1.807, 2.05) is 6.92 Å². The molecule has 3 amide bonds. The molecule has 4 rings (SSSR count). The van der Waals surface area contributed by atoms with E-state index in [0.29, 0.717) is 35.6 Å². The number of hydrogen-bond acceptors (Lipinski definition) is 8. The van der Waals surface area contributed by atoms with Crippen molar-refractivity contribution < 1.29 is 37.4 Å². The van der Waals surface area contributed by atoms with Gasteiger partial charge in [0.15, 0.2) is 11.5 Å². The Kier molecular flexibility index (Phi) is 10.3. The Labute approximate surface area is 247 Å². The van der Waals surface area contributed by atoms with Crippen molar-refractivity contribution in [1.29, 1.82) is 0 Å². The van der Waals surface area contributed by atoms with Crippen LogP contribution < -0.4 is 30.1 Å². The van der Waals surface area contributed by atoms with Gasteiger partial charge in [-0.3, -0.25) is 14.3 Å². The molecular weight excluding hydrogens is 584 g/mol. The highest BCUT2D eigenvalue weighted by Crippen LogP contribution is 2.34. The molecule has 12 nitrogen and oxygen atoms in total. The van der Waals surface area contributed by atoms with Crippen LogP contribution in [0.1, 0.15) is 49.8 Å². The molecule has 42 heavy (non-hydrogen) atoms. The second-order valence-electron chi connectivity index (χ2n) is 9.53. The number of carbonyl (C=O) groups excluding carboxylic acids is 2. The summed E-state index contributed by atoms with van der Waals surface area (Å²) in [6, 6.07) is 12.3. The van der Waals surface area contributed by atoms with Gasteiger partial charge in [0.05, 0.1) is 12.5 Å². The topological polar surface area (TPSA) is 172 Å². The van der Waals surface area contributed by atoms with Crippen molar-refractivity contribution in [3.63, 3.8) is 0 Å². The summed E-state index contributed by atoms with van der Waals surface area (Å²) in [5.41, 5.74) is 1.63. The number of benzene rings is 2. The predicted octanol–water partition coefficient (Wildman–Crippen LogP) is 3.97. The first-order valence-electron chi connectivity index (χ1n) is 13.3. The minimum absolute atomic E-state index is 0.0586. The fraction of sp³-hybridized carbons (Fsp3) is 0.321. The first-order valence-corrected chi connectivity index (χ1v) is 15.6. The zero-order valence-electron chi connectivity index (χ0n) is 22.8. The van der Waals surface area contributed by atoms with Crippen molar-refractivity contribution >= 4 is 45.0 Å². The summed E-state index contributed by atoms with van der Waals surface area (Å²) in [7, 11) is -3.67. The van der Waals surface area contributed by atoms with E-state index in [1.54, 1.807) is 53.9 Å². The smallest absolute Gasteiger partial charge is 0.315 e. The molecule has 1 aliphatic heterocycles. The lowest BCUT2D eigenvalue weighted by molar-refractivity contribution is -0.137. The number of carboxylic acids is 1. The second-order valence-corrected chi connectivity index (χ2v) is 12.4. The summed E-state index contributed by atoms with van der Waals surface area (Å²) in [6.45, 7) is 2.18. The van der Waals surface area contributed by atoms with E-state index in [-0.39, 0.29) is 24.0 Å². The molecule has 0 saturated heterocycles. The van der Waals surface area contributed by atoms with Crippen LogP contribution in [0.5, 0.6) is 11.5 Å². The SMILES string of the molecule is CCCC[C@H](NC(=O)N[C@@H](CC(=O)O)c1ccc2c(c1)OCO2)C(=O)NCc1ccc(NS(=O)(=O)c2cccs2)cc1. The summed E-state index contributed by atoms with van der Waals surface area (Å²) >= 11 is 1.12. The largest absolute Gasteiger partial charge is 0.481 e. The molecule has 1 aromatic heterocycles. The van der Waals surface area contributed by atoms with Crippen molar-refractivity contribution in [1.82, 2.24) is 16.0 Å². The molecule has 2 aromatic carbocycles. The van der Waals surface area contributed by atoms with E-state index in [0.717, 1.165) is 23.3 Å². The minimum atomic E-state index is -3.67. The van der Waals surface area contributed by atoms with E-state index in [4.69, 9.17) is 9.47 Å². The van der Waals surface area contributed by atoms with Gasteiger partial charge in [-0.1, -0.05) is 44.0 Å². The number of rotatable bonds is 14. The van der Waals surface area contributed by atoms with Crippen LogP contribution in [0.3, 0.4) is 0 Å². The zero-order chi connectivity index (χ0) is 30.1. The summed E-state index contributed by atoms with van der Waals surface area (Å²) in [5, 5.41) is 19.2. The van der Waals surface area contributed by atoms with Crippen molar-refractivity contribution in [2.24, 2.45) is 0 Å². The average molecular weight is 617 g/mol. The Bertz CT molecular complexity index is 1490. The van der Waals surface area contributed by atoms with Gasteiger partial charge in [-0.15, -0.1) is 11.3 Å². The average Bonchev–Trinajstić information content (AvgIpc) is 3.67. The van der Waals surface area contributed by atoms with Gasteiger partial charge >= 0.3 is 12.0 Å². The predicted molar refractivity (Wildman–Crippen MR) is 156 cm³/mol. The van der Waals surface area contributed by atoms with Gasteiger partial charge in [-0.25, -0.2) is 13.2 Å². The fourth-order valence-electron chi connectivity index (χ4n) is 4.22. The molecule has 14 heteroatoms. The number of unbranched alkanes of at least 4 members (excludes halogenated alkanes) is 1. The molecule has 3 aromatic rings. The summed E-state index contributed by atoms with van der Waals surface area (Å²) < 4.78 is 38.2. The van der Waals surface area contributed by atoms with Gasteiger partial charge in [0.25, 0.3) is 10.0 Å². The standard InChI is InChI=1S/C28H32N4O8S2/c1-2-3-5-21(30-28(36)31-22(15-25(33)34)19-9-12-23-24(14-19)40-17-39-23)27(35)29-16-18-7-10-20(11-8-18)32-42(37,38)26-6-4-13-41-26/h4,6-14,21-22,32H,2-3,5,15-17H2,1H3,(H,29,35)(H,33,34)(H2,30,31,36)/t21-,22-/m0/s1. The Balaban J connectivity index is 1.35. The number of thiophene rings is 1. The van der Waals surface area contributed by atoms with Gasteiger partial charge < -0.3 is 30.5 Å². The van der Waals surface area contributed by atoms with Gasteiger partial charge in [-0.05, 0) is 53.3 Å². The highest BCUT2D eigenvalue weighted by atomic mass is 32.2. The molecule has 0 radical (unpaired) electrons. The fourth-order valence-corrected chi connectivity index (χ4v) is 6.27. The molecule has 0 fully saturated rings. The number of sulfonamides is 1. The van der Waals surface area contributed by atoms with Crippen molar-refractivity contribution in [2.75, 3.05) is 11.5 Å². The van der Waals surface area contributed by atoms with Gasteiger partial charge in [0, 0.05) is 12.2 Å². The van der Waals surface area contributed by atoms with E-state index in [9.17, 15) is 27.9 Å². The summed E-state index contributed by atoms with van der Waals surface area (Å²) in [4.78, 5) is 37.5. The van der Waals surface area contributed by atoms with Crippen LogP contribution in [-0.2, 0) is 26.2 Å². The number of ether oxygens (including phenoxy) is 2. The lowest BCUT2D eigenvalue weighted by Gasteiger charge is -2.22. The molecule has 0 bridgehead atoms. The first-order chi connectivity index (χ1) is 20.1. The van der Waals surface area contributed by atoms with Crippen molar-refractivity contribution in [3.05, 3.63) is 71.1 Å². The maximum Gasteiger partial charge on any atom is 0.315 e. The lowest BCUT2D eigenvalue weighted by atomic mass is 10.0. The number of carbonyl (C=O) groups is 3. The Hall–Kier alpha value is -4.30. The molecule has 5 N–H and O–H groups in total. The van der Waals surface area contributed by atoms with Crippen LogP contribution in [-0.4, -0.2) is 44.3 Å². The Morgan fingerprint density at radius 2 is 1.79 bits per heavy atom. The molecule has 0 aliphatic carbocycles. The Morgan fingerprint density at radius 3 is 2.48 bits per heavy atom. The van der Waals surface area contributed by atoms with Crippen LogP contribution in [0.2, 0.25) is 0 Å². The number of carboxylic acid groups (broad SMARTS) is 1. The van der Waals surface area contributed by atoms with Crippen LogP contribution in [0.15, 0.2) is 64.2 Å². The second kappa shape index (κ2) is 14.0. The number of nitrogens with one attached hydrogen (secondary N) is 4. The molecule has 2 atom stereocenters. The highest BCUT2D eigenvalue weighted by molar-refractivity contribution is 7.94. The molecule has 0 saturated carbocycles. The number of fused-ring (bicyclic) bond motifs is 1. The third-order valence-corrected chi connectivity index (χ3v) is 9.16. The minimum Gasteiger partial charge on any atom is -0.481 e. The number of aliphatic carboxylic acids is 1. The zero-order valence-corrected chi connectivity index (χ0v) is 24.4. The van der Waals surface area contributed by atoms with Crippen LogP contribution >= 0.6 is 11.3 Å². The monoisotopic (exact) mass is 616 g/mol. The summed E-state index contributed by atoms with van der Waals surface area (Å²) in [5.74, 6) is -0.524. The van der Waals surface area contributed by atoms with Gasteiger partial charge in [0.1, 0.15) is 10.3 Å². The van der Waals surface area contributed by atoms with Crippen LogP contribution in [0.4, 0.5) is 10.5 Å². The molecule has 1 aliphatic rings. The number of anilines is 1. The normalized spacial score (nSPS) is 13.5. The molecule has 224 valence electrons. The van der Waals surface area contributed by atoms with Crippen molar-refractivity contribution in [3.8, 4) is 11.5 Å². The van der Waals surface area contributed by atoms with E-state index in [1.165, 1.54) is 6.07 Å². The third-order valence-electron chi connectivity index (χ3n) is 6.38. The van der Waals surface area contributed by atoms with E-state index < -0.39 is 40.0 Å². The van der Waals surface area contributed by atoms with Crippen LogP contribution in [0, 0.1) is 0 Å². The third kappa shape index (κ3) is 8.36. The first kappa shape index (κ1) is 30.7. The number of urea groups is 1. The van der Waals surface area contributed by atoms with E-state index >= 15 is 0 Å². The maximum atomic E-state index is 13.0. The van der Waals surface area contributed by atoms with Gasteiger partial charge in [0.2, 0.25) is 12.7 Å². The van der Waals surface area contributed by atoms with Crippen LogP contribution in [0.25, 0.3) is 0 Å². The lowest BCUT2D eigenvalue weighted by Crippen LogP contribution is -2.50. The summed E-state index contributed by atoms with van der Waals surface area (Å²) in [6.07, 6.45) is 1.48. The molecule has 0 spiro atoms. The quantitative estimate of drug-likeness (QED) is 0.181. The van der Waals surface area contributed by atoms with Crippen molar-refractivity contribution in [2.45, 2.75) is 55.4 Å². The van der Waals surface area contributed by atoms with Gasteiger partial charge in [-0.2, -0.15) is 0 Å².